The first kappa shape index (κ1) is 21.3. The number of amides is 1. The minimum absolute atomic E-state index is 0.0111. The zero-order chi connectivity index (χ0) is 21.0. The lowest BCUT2D eigenvalue weighted by molar-refractivity contribution is -0.141. The summed E-state index contributed by atoms with van der Waals surface area (Å²) in [6.45, 7) is 0.442. The minimum atomic E-state index is -3.27. The monoisotopic (exact) mass is 480 g/mol. The normalized spacial score (nSPS) is 16.3. The molecule has 9 heteroatoms. The molecule has 2 aromatic rings. The first-order chi connectivity index (χ1) is 13.8. The fraction of sp³-hybridized carbons (Fsp3) is 0.300. The quantitative estimate of drug-likeness (QED) is 0.641. The standard InChI is InChI=1S/C20H21BrN2O5S/c1-28-19(24)13-18(15-4-2-5-16(21)12-15)22-20(25)14-6-8-17(9-7-14)23-10-3-11-29(23,26)27/h2,4-9,12,18H,3,10-11,13H2,1H3,(H,22,25). The second kappa shape index (κ2) is 8.96. The Balaban J connectivity index is 1.78. The first-order valence-corrected chi connectivity index (χ1v) is 11.4. The lowest BCUT2D eigenvalue weighted by Crippen LogP contribution is -2.30. The summed E-state index contributed by atoms with van der Waals surface area (Å²) in [5, 5.41) is 2.85. The molecule has 0 saturated carbocycles. The average molecular weight is 481 g/mol. The zero-order valence-corrected chi connectivity index (χ0v) is 18.2. The molecule has 0 aromatic heterocycles. The number of anilines is 1. The van der Waals surface area contributed by atoms with Crippen molar-refractivity contribution in [1.29, 1.82) is 0 Å². The van der Waals surface area contributed by atoms with E-state index in [4.69, 9.17) is 4.74 Å². The number of carbonyl (C=O) groups excluding carboxylic acids is 2. The Morgan fingerprint density at radius 2 is 1.93 bits per heavy atom. The molecule has 1 heterocycles. The topological polar surface area (TPSA) is 92.8 Å². The molecular formula is C20H21BrN2O5S. The molecule has 0 radical (unpaired) electrons. The molecule has 1 aliphatic rings. The summed E-state index contributed by atoms with van der Waals surface area (Å²) in [5.74, 6) is -0.670. The van der Waals surface area contributed by atoms with Gasteiger partial charge >= 0.3 is 5.97 Å². The van der Waals surface area contributed by atoms with Crippen LogP contribution in [0.2, 0.25) is 0 Å². The molecule has 1 saturated heterocycles. The van der Waals surface area contributed by atoms with Gasteiger partial charge in [-0.05, 0) is 48.4 Å². The third kappa shape index (κ3) is 5.16. The van der Waals surface area contributed by atoms with Crippen LogP contribution in [0.1, 0.15) is 34.8 Å². The average Bonchev–Trinajstić information content (AvgIpc) is 3.06. The number of halogens is 1. The zero-order valence-electron chi connectivity index (χ0n) is 15.8. The van der Waals surface area contributed by atoms with Crippen molar-refractivity contribution in [3.63, 3.8) is 0 Å². The van der Waals surface area contributed by atoms with Gasteiger partial charge in [0.1, 0.15) is 0 Å². The molecule has 1 fully saturated rings. The number of methoxy groups -OCH3 is 1. The number of sulfonamides is 1. The fourth-order valence-corrected chi connectivity index (χ4v) is 5.16. The van der Waals surface area contributed by atoms with Crippen LogP contribution in [-0.4, -0.2) is 39.7 Å². The fourth-order valence-electron chi connectivity index (χ4n) is 3.18. The van der Waals surface area contributed by atoms with Crippen molar-refractivity contribution in [1.82, 2.24) is 5.32 Å². The van der Waals surface area contributed by atoms with E-state index in [-0.39, 0.29) is 18.1 Å². The lowest BCUT2D eigenvalue weighted by Gasteiger charge is -2.19. The number of nitrogens with one attached hydrogen (secondary N) is 1. The molecule has 1 aliphatic heterocycles. The van der Waals surface area contributed by atoms with Crippen LogP contribution in [0.4, 0.5) is 5.69 Å². The van der Waals surface area contributed by atoms with Gasteiger partial charge in [0.05, 0.1) is 31.0 Å². The summed E-state index contributed by atoms with van der Waals surface area (Å²) < 4.78 is 31.0. The maximum absolute atomic E-state index is 12.7. The summed E-state index contributed by atoms with van der Waals surface area (Å²) in [6.07, 6.45) is 0.579. The second-order valence-electron chi connectivity index (χ2n) is 6.65. The van der Waals surface area contributed by atoms with E-state index in [1.807, 2.05) is 24.3 Å². The van der Waals surface area contributed by atoms with E-state index in [0.29, 0.717) is 24.2 Å². The van der Waals surface area contributed by atoms with E-state index >= 15 is 0 Å². The number of carbonyl (C=O) groups is 2. The van der Waals surface area contributed by atoms with Gasteiger partial charge in [-0.15, -0.1) is 0 Å². The van der Waals surface area contributed by atoms with E-state index in [1.54, 1.807) is 24.3 Å². The van der Waals surface area contributed by atoms with Crippen LogP contribution in [-0.2, 0) is 19.6 Å². The van der Waals surface area contributed by atoms with Gasteiger partial charge in [-0.3, -0.25) is 13.9 Å². The van der Waals surface area contributed by atoms with Gasteiger partial charge in [0, 0.05) is 16.6 Å². The summed E-state index contributed by atoms with van der Waals surface area (Å²) in [7, 11) is -1.97. The highest BCUT2D eigenvalue weighted by Gasteiger charge is 2.28. The van der Waals surface area contributed by atoms with Gasteiger partial charge in [-0.1, -0.05) is 28.1 Å². The number of benzene rings is 2. The van der Waals surface area contributed by atoms with Crippen LogP contribution in [0.15, 0.2) is 53.0 Å². The highest BCUT2D eigenvalue weighted by Crippen LogP contribution is 2.25. The minimum Gasteiger partial charge on any atom is -0.469 e. The van der Waals surface area contributed by atoms with E-state index in [2.05, 4.69) is 21.2 Å². The highest BCUT2D eigenvalue weighted by molar-refractivity contribution is 9.10. The molecule has 0 bridgehead atoms. The van der Waals surface area contributed by atoms with E-state index < -0.39 is 22.0 Å². The van der Waals surface area contributed by atoms with Gasteiger partial charge in [0.15, 0.2) is 0 Å². The first-order valence-electron chi connectivity index (χ1n) is 9.04. The van der Waals surface area contributed by atoms with Crippen LogP contribution in [0.25, 0.3) is 0 Å². The van der Waals surface area contributed by atoms with Gasteiger partial charge in [0.25, 0.3) is 5.91 Å². The molecule has 29 heavy (non-hydrogen) atoms. The van der Waals surface area contributed by atoms with Crippen molar-refractivity contribution in [2.24, 2.45) is 0 Å². The molecule has 1 amide bonds. The van der Waals surface area contributed by atoms with Crippen molar-refractivity contribution in [3.05, 3.63) is 64.1 Å². The summed E-state index contributed by atoms with van der Waals surface area (Å²) in [6, 6.07) is 13.1. The van der Waals surface area contributed by atoms with Crippen LogP contribution in [0, 0.1) is 0 Å². The Labute approximate surface area is 178 Å². The molecule has 3 rings (SSSR count). The number of hydrogen-bond acceptors (Lipinski definition) is 5. The van der Waals surface area contributed by atoms with Crippen LogP contribution in [0.3, 0.4) is 0 Å². The number of esters is 1. The van der Waals surface area contributed by atoms with Crippen molar-refractivity contribution in [2.45, 2.75) is 18.9 Å². The van der Waals surface area contributed by atoms with Crippen LogP contribution >= 0.6 is 15.9 Å². The van der Waals surface area contributed by atoms with Crippen LogP contribution in [0.5, 0.6) is 0 Å². The maximum atomic E-state index is 12.7. The molecule has 1 N–H and O–H groups in total. The molecule has 0 aliphatic carbocycles. The van der Waals surface area contributed by atoms with E-state index in [9.17, 15) is 18.0 Å². The SMILES string of the molecule is COC(=O)CC(NC(=O)c1ccc(N2CCCS2(=O)=O)cc1)c1cccc(Br)c1. The molecule has 7 nitrogen and oxygen atoms in total. The van der Waals surface area contributed by atoms with E-state index in [0.717, 1.165) is 10.0 Å². The largest absolute Gasteiger partial charge is 0.469 e. The van der Waals surface area contributed by atoms with Crippen LogP contribution < -0.4 is 9.62 Å². The third-order valence-corrected chi connectivity index (χ3v) is 7.03. The van der Waals surface area contributed by atoms with E-state index in [1.165, 1.54) is 11.4 Å². The number of hydrogen-bond donors (Lipinski definition) is 1. The number of ether oxygens (including phenoxy) is 1. The molecule has 1 atom stereocenters. The second-order valence-corrected chi connectivity index (χ2v) is 9.58. The van der Waals surface area contributed by atoms with Crippen molar-refractivity contribution in [3.8, 4) is 0 Å². The predicted octanol–water partition coefficient (Wildman–Crippen LogP) is 3.02. The Bertz CT molecular complexity index is 1010. The lowest BCUT2D eigenvalue weighted by atomic mass is 10.0. The molecule has 1 unspecified atom stereocenters. The maximum Gasteiger partial charge on any atom is 0.307 e. The summed E-state index contributed by atoms with van der Waals surface area (Å²) in [4.78, 5) is 24.5. The smallest absolute Gasteiger partial charge is 0.307 e. The Hall–Kier alpha value is -2.39. The third-order valence-electron chi connectivity index (χ3n) is 4.67. The molecule has 2 aromatic carbocycles. The summed E-state index contributed by atoms with van der Waals surface area (Å²) in [5.41, 5.74) is 1.67. The van der Waals surface area contributed by atoms with Crippen molar-refractivity contribution < 1.29 is 22.7 Å². The van der Waals surface area contributed by atoms with Gasteiger partial charge < -0.3 is 10.1 Å². The van der Waals surface area contributed by atoms with Gasteiger partial charge in [-0.25, -0.2) is 8.42 Å². The van der Waals surface area contributed by atoms with Gasteiger partial charge in [0.2, 0.25) is 10.0 Å². The van der Waals surface area contributed by atoms with Crippen molar-refractivity contribution in [2.75, 3.05) is 23.7 Å². The predicted molar refractivity (Wildman–Crippen MR) is 113 cm³/mol. The highest BCUT2D eigenvalue weighted by atomic mass is 79.9. The Kier molecular flexibility index (Phi) is 6.59. The molecular weight excluding hydrogens is 460 g/mol. The molecule has 154 valence electrons. The van der Waals surface area contributed by atoms with Gasteiger partial charge in [-0.2, -0.15) is 0 Å². The summed E-state index contributed by atoms with van der Waals surface area (Å²) >= 11 is 3.39. The molecule has 0 spiro atoms. The Morgan fingerprint density at radius 3 is 2.52 bits per heavy atom. The van der Waals surface area contributed by atoms with Crippen molar-refractivity contribution >= 4 is 43.5 Å². The number of nitrogens with zero attached hydrogens (tertiary/aromatic N) is 1. The Morgan fingerprint density at radius 1 is 1.21 bits per heavy atom. The number of rotatable bonds is 6.